The maximum atomic E-state index is 5.40. The topological polar surface area (TPSA) is 26.0 Å². The van der Waals surface area contributed by atoms with Gasteiger partial charge in [-0.15, -0.1) is 23.1 Å². The van der Waals surface area contributed by atoms with Crippen molar-refractivity contribution in [3.63, 3.8) is 0 Å². The summed E-state index contributed by atoms with van der Waals surface area (Å²) in [5, 5.41) is 2.08. The minimum Gasteiger partial charge on any atom is -0.327 e. The molecule has 3 heteroatoms. The van der Waals surface area contributed by atoms with Gasteiger partial charge >= 0.3 is 0 Å². The molecule has 2 N–H and O–H groups in total. The van der Waals surface area contributed by atoms with E-state index in [1.54, 1.807) is 23.1 Å². The highest BCUT2D eigenvalue weighted by molar-refractivity contribution is 8.01. The SMILES string of the molecule is C=C(CN)CSc1cccs1. The Morgan fingerprint density at radius 2 is 2.55 bits per heavy atom. The zero-order valence-corrected chi connectivity index (χ0v) is 7.88. The number of hydrogen-bond acceptors (Lipinski definition) is 3. The second-order valence-electron chi connectivity index (χ2n) is 2.17. The number of hydrogen-bond donors (Lipinski definition) is 1. The molecule has 11 heavy (non-hydrogen) atoms. The summed E-state index contributed by atoms with van der Waals surface area (Å²) < 4.78 is 1.33. The fraction of sp³-hybridized carbons (Fsp3) is 0.250. The van der Waals surface area contributed by atoms with Gasteiger partial charge in [0, 0.05) is 12.3 Å². The Balaban J connectivity index is 2.29. The van der Waals surface area contributed by atoms with E-state index >= 15 is 0 Å². The lowest BCUT2D eigenvalue weighted by Gasteiger charge is -1.98. The van der Waals surface area contributed by atoms with Crippen molar-refractivity contribution >= 4 is 23.1 Å². The summed E-state index contributed by atoms with van der Waals surface area (Å²) in [6, 6.07) is 4.16. The van der Waals surface area contributed by atoms with Crippen LogP contribution in [0.15, 0.2) is 33.9 Å². The first kappa shape index (κ1) is 8.84. The lowest BCUT2D eigenvalue weighted by molar-refractivity contribution is 1.16. The minimum absolute atomic E-state index is 0.596. The van der Waals surface area contributed by atoms with Gasteiger partial charge in [-0.1, -0.05) is 18.2 Å². The summed E-state index contributed by atoms with van der Waals surface area (Å²) in [7, 11) is 0. The molecule has 1 rings (SSSR count). The molecule has 0 aliphatic heterocycles. The van der Waals surface area contributed by atoms with Crippen molar-refractivity contribution in [1.29, 1.82) is 0 Å². The van der Waals surface area contributed by atoms with E-state index in [2.05, 4.69) is 24.1 Å². The quantitative estimate of drug-likeness (QED) is 0.575. The Kier molecular flexibility index (Phi) is 3.69. The first-order valence-corrected chi connectivity index (χ1v) is 5.22. The van der Waals surface area contributed by atoms with Gasteiger partial charge in [-0.05, 0) is 11.4 Å². The van der Waals surface area contributed by atoms with Crippen molar-refractivity contribution in [2.75, 3.05) is 12.3 Å². The molecular formula is C8H11NS2. The molecule has 0 bridgehead atoms. The zero-order chi connectivity index (χ0) is 8.10. The molecule has 60 valence electrons. The van der Waals surface area contributed by atoms with Gasteiger partial charge < -0.3 is 5.73 Å². The maximum Gasteiger partial charge on any atom is 0.0601 e. The van der Waals surface area contributed by atoms with Gasteiger partial charge in [0.15, 0.2) is 0 Å². The summed E-state index contributed by atoms with van der Waals surface area (Å²) >= 11 is 3.56. The largest absolute Gasteiger partial charge is 0.327 e. The first-order valence-electron chi connectivity index (χ1n) is 3.36. The summed E-state index contributed by atoms with van der Waals surface area (Å²) in [4.78, 5) is 0. The van der Waals surface area contributed by atoms with Crippen LogP contribution in [0.1, 0.15) is 0 Å². The highest BCUT2D eigenvalue weighted by Gasteiger charge is 1.95. The summed E-state index contributed by atoms with van der Waals surface area (Å²) in [5.41, 5.74) is 6.50. The third-order valence-corrected chi connectivity index (χ3v) is 3.48. The zero-order valence-electron chi connectivity index (χ0n) is 6.25. The maximum absolute atomic E-state index is 5.40. The number of nitrogens with two attached hydrogens (primary N) is 1. The van der Waals surface area contributed by atoms with Gasteiger partial charge in [0.2, 0.25) is 0 Å². The molecule has 0 amide bonds. The van der Waals surface area contributed by atoms with Gasteiger partial charge in [-0.3, -0.25) is 0 Å². The fourth-order valence-corrected chi connectivity index (χ4v) is 2.28. The molecule has 0 aliphatic rings. The van der Waals surface area contributed by atoms with Crippen LogP contribution in [0.2, 0.25) is 0 Å². The lowest BCUT2D eigenvalue weighted by Crippen LogP contribution is -2.03. The third-order valence-electron chi connectivity index (χ3n) is 1.20. The van der Waals surface area contributed by atoms with Crippen molar-refractivity contribution in [1.82, 2.24) is 0 Å². The van der Waals surface area contributed by atoms with E-state index in [9.17, 15) is 0 Å². The van der Waals surface area contributed by atoms with Gasteiger partial charge in [0.25, 0.3) is 0 Å². The minimum atomic E-state index is 0.596. The molecule has 1 aromatic rings. The standard InChI is InChI=1S/C8H11NS2/c1-7(5-9)6-11-8-3-2-4-10-8/h2-4H,1,5-6,9H2. The molecule has 0 aromatic carbocycles. The van der Waals surface area contributed by atoms with Crippen LogP contribution >= 0.6 is 23.1 Å². The van der Waals surface area contributed by atoms with Crippen molar-refractivity contribution in [2.45, 2.75) is 4.21 Å². The van der Waals surface area contributed by atoms with E-state index in [4.69, 9.17) is 5.73 Å². The van der Waals surface area contributed by atoms with Gasteiger partial charge in [-0.2, -0.15) is 0 Å². The predicted molar refractivity (Wildman–Crippen MR) is 53.2 cm³/mol. The molecule has 0 spiro atoms. The average Bonchev–Trinajstić information content (AvgIpc) is 2.52. The summed E-state index contributed by atoms with van der Waals surface area (Å²) in [6.07, 6.45) is 0. The van der Waals surface area contributed by atoms with Crippen LogP contribution < -0.4 is 5.73 Å². The number of thiophene rings is 1. The van der Waals surface area contributed by atoms with Crippen LogP contribution in [0.5, 0.6) is 0 Å². The number of thioether (sulfide) groups is 1. The lowest BCUT2D eigenvalue weighted by atomic mass is 10.4. The number of rotatable bonds is 4. The molecule has 0 fully saturated rings. The van der Waals surface area contributed by atoms with Crippen LogP contribution in [0.3, 0.4) is 0 Å². The van der Waals surface area contributed by atoms with E-state index in [0.29, 0.717) is 6.54 Å². The normalized spacial score (nSPS) is 9.91. The Hall–Kier alpha value is -0.250. The molecule has 0 atom stereocenters. The van der Waals surface area contributed by atoms with E-state index in [1.807, 2.05) is 0 Å². The smallest absolute Gasteiger partial charge is 0.0601 e. The average molecular weight is 185 g/mol. The van der Waals surface area contributed by atoms with Crippen molar-refractivity contribution < 1.29 is 0 Å². The van der Waals surface area contributed by atoms with E-state index < -0.39 is 0 Å². The van der Waals surface area contributed by atoms with Crippen LogP contribution in [-0.4, -0.2) is 12.3 Å². The van der Waals surface area contributed by atoms with Crippen LogP contribution in [0, 0.1) is 0 Å². The van der Waals surface area contributed by atoms with E-state index in [-0.39, 0.29) is 0 Å². The monoisotopic (exact) mass is 185 g/mol. The highest BCUT2D eigenvalue weighted by Crippen LogP contribution is 2.24. The Labute approximate surface area is 75.3 Å². The van der Waals surface area contributed by atoms with Crippen LogP contribution in [0.4, 0.5) is 0 Å². The summed E-state index contributed by atoms with van der Waals surface area (Å²) in [5.74, 6) is 0.941. The van der Waals surface area contributed by atoms with E-state index in [0.717, 1.165) is 11.3 Å². The Morgan fingerprint density at radius 1 is 1.73 bits per heavy atom. The van der Waals surface area contributed by atoms with Crippen molar-refractivity contribution in [2.24, 2.45) is 5.73 Å². The molecular weight excluding hydrogens is 174 g/mol. The van der Waals surface area contributed by atoms with E-state index in [1.165, 1.54) is 4.21 Å². The second-order valence-corrected chi connectivity index (χ2v) is 4.40. The van der Waals surface area contributed by atoms with Crippen molar-refractivity contribution in [3.8, 4) is 0 Å². The fourth-order valence-electron chi connectivity index (χ4n) is 0.578. The van der Waals surface area contributed by atoms with Gasteiger partial charge in [0.05, 0.1) is 4.21 Å². The molecule has 1 aromatic heterocycles. The first-order chi connectivity index (χ1) is 5.33. The van der Waals surface area contributed by atoms with Gasteiger partial charge in [0.1, 0.15) is 0 Å². The van der Waals surface area contributed by atoms with Gasteiger partial charge in [-0.25, -0.2) is 0 Å². The molecule has 1 nitrogen and oxygen atoms in total. The van der Waals surface area contributed by atoms with Crippen LogP contribution in [0.25, 0.3) is 0 Å². The molecule has 0 saturated carbocycles. The molecule has 0 saturated heterocycles. The van der Waals surface area contributed by atoms with Crippen LogP contribution in [-0.2, 0) is 0 Å². The Bertz CT molecular complexity index is 216. The summed E-state index contributed by atoms with van der Waals surface area (Å²) in [6.45, 7) is 4.43. The molecule has 0 unspecified atom stereocenters. The predicted octanol–water partition coefficient (Wildman–Crippen LogP) is 2.36. The molecule has 1 heterocycles. The molecule has 0 aliphatic carbocycles. The Morgan fingerprint density at radius 3 is 3.09 bits per heavy atom. The third kappa shape index (κ3) is 3.10. The molecule has 0 radical (unpaired) electrons. The highest BCUT2D eigenvalue weighted by atomic mass is 32.2. The van der Waals surface area contributed by atoms with Crippen molar-refractivity contribution in [3.05, 3.63) is 29.7 Å². The second kappa shape index (κ2) is 4.59.